The van der Waals surface area contributed by atoms with Crippen molar-refractivity contribution in [3.05, 3.63) is 88.3 Å². The molecule has 0 bridgehead atoms. The van der Waals surface area contributed by atoms with Crippen molar-refractivity contribution in [2.75, 3.05) is 33.4 Å². The number of thiophene rings is 1. The molecule has 6 heteroatoms. The molecule has 3 aromatic carbocycles. The second-order valence-corrected chi connectivity index (χ2v) is 10.3. The highest BCUT2D eigenvalue weighted by atomic mass is 32.1. The van der Waals surface area contributed by atoms with Crippen LogP contribution in [-0.2, 0) is 6.42 Å². The first-order valence-electron chi connectivity index (χ1n) is 12.5. The fraction of sp³-hybridized carbons (Fsp3) is 0.300. The second-order valence-electron chi connectivity index (χ2n) is 9.21. The number of likely N-dealkylation sites (tertiary alicyclic amines) is 1. The molecule has 2 heterocycles. The van der Waals surface area contributed by atoms with Crippen LogP contribution in [-0.4, -0.2) is 49.1 Å². The molecule has 1 aromatic heterocycles. The van der Waals surface area contributed by atoms with Crippen LogP contribution in [0, 0.1) is 0 Å². The van der Waals surface area contributed by atoms with Crippen LogP contribution >= 0.6 is 11.3 Å². The van der Waals surface area contributed by atoms with Crippen LogP contribution in [0.3, 0.4) is 0 Å². The molecule has 4 aromatic rings. The SMILES string of the molecule is COc1ccc2c(C(=O)c3ccc(OCCN4CCCCC4)cc3)c(Cc3ccc(O)cc3)sc2c1. The number of ketones is 1. The standard InChI is InChI=1S/C30H31NO4S/c1-34-25-13-14-26-27(20-25)36-28(19-21-5-9-23(32)10-6-21)29(26)30(33)22-7-11-24(12-8-22)35-18-17-31-15-3-2-4-16-31/h5-14,20,32H,2-4,15-19H2,1H3. The van der Waals surface area contributed by atoms with Gasteiger partial charge in [-0.3, -0.25) is 9.69 Å². The Labute approximate surface area is 215 Å². The summed E-state index contributed by atoms with van der Waals surface area (Å²) in [5, 5.41) is 10.6. The number of phenols is 1. The van der Waals surface area contributed by atoms with E-state index in [1.807, 2.05) is 54.6 Å². The Bertz CT molecular complexity index is 1320. The first-order valence-corrected chi connectivity index (χ1v) is 13.3. The third-order valence-electron chi connectivity index (χ3n) is 6.74. The maximum atomic E-state index is 13.8. The average Bonchev–Trinajstić information content (AvgIpc) is 3.27. The number of carbonyl (C=O) groups is 1. The zero-order chi connectivity index (χ0) is 24.9. The summed E-state index contributed by atoms with van der Waals surface area (Å²) < 4.78 is 12.4. The predicted molar refractivity (Wildman–Crippen MR) is 145 cm³/mol. The first-order chi connectivity index (χ1) is 17.6. The van der Waals surface area contributed by atoms with Gasteiger partial charge >= 0.3 is 0 Å². The quantitative estimate of drug-likeness (QED) is 0.273. The number of phenolic OH excluding ortho intramolecular Hbond substituents is 1. The smallest absolute Gasteiger partial charge is 0.194 e. The molecule has 5 rings (SSSR count). The van der Waals surface area contributed by atoms with Gasteiger partial charge < -0.3 is 14.6 Å². The van der Waals surface area contributed by atoms with Crippen molar-refractivity contribution in [2.45, 2.75) is 25.7 Å². The summed E-state index contributed by atoms with van der Waals surface area (Å²) in [6.45, 7) is 3.90. The summed E-state index contributed by atoms with van der Waals surface area (Å²) in [7, 11) is 1.65. The fourth-order valence-corrected chi connectivity index (χ4v) is 6.01. The van der Waals surface area contributed by atoms with Gasteiger partial charge in [0.15, 0.2) is 5.78 Å². The van der Waals surface area contributed by atoms with E-state index in [1.54, 1.807) is 30.6 Å². The average molecular weight is 502 g/mol. The normalized spacial score (nSPS) is 14.1. The molecule has 1 fully saturated rings. The summed E-state index contributed by atoms with van der Waals surface area (Å²) in [6.07, 6.45) is 4.49. The predicted octanol–water partition coefficient (Wildman–Crippen LogP) is 6.30. The van der Waals surface area contributed by atoms with Crippen LogP contribution in [0.1, 0.15) is 45.6 Å². The monoisotopic (exact) mass is 501 g/mol. The Morgan fingerprint density at radius 1 is 0.944 bits per heavy atom. The molecule has 0 unspecified atom stereocenters. The summed E-state index contributed by atoms with van der Waals surface area (Å²) >= 11 is 1.61. The number of carbonyl (C=O) groups excluding carboxylic acids is 1. The molecule has 0 spiro atoms. The number of methoxy groups -OCH3 is 1. The highest BCUT2D eigenvalue weighted by molar-refractivity contribution is 7.19. The van der Waals surface area contributed by atoms with Gasteiger partial charge in [-0.05, 0) is 86.1 Å². The molecule has 0 aliphatic carbocycles. The third-order valence-corrected chi connectivity index (χ3v) is 7.89. The molecule has 1 aliphatic rings. The Kier molecular flexibility index (Phi) is 7.54. The molecular formula is C30H31NO4S. The van der Waals surface area contributed by atoms with Gasteiger partial charge in [0.05, 0.1) is 7.11 Å². The van der Waals surface area contributed by atoms with E-state index in [2.05, 4.69) is 4.90 Å². The Morgan fingerprint density at radius 2 is 1.67 bits per heavy atom. The number of piperidine rings is 1. The third kappa shape index (κ3) is 5.55. The van der Waals surface area contributed by atoms with Crippen LogP contribution in [0.4, 0.5) is 0 Å². The van der Waals surface area contributed by atoms with Crippen molar-refractivity contribution in [1.82, 2.24) is 4.90 Å². The van der Waals surface area contributed by atoms with Crippen LogP contribution in [0.2, 0.25) is 0 Å². The number of hydrogen-bond donors (Lipinski definition) is 1. The molecule has 5 nitrogen and oxygen atoms in total. The van der Waals surface area contributed by atoms with E-state index in [9.17, 15) is 9.90 Å². The topological polar surface area (TPSA) is 59.0 Å². The first kappa shape index (κ1) is 24.3. The number of hydrogen-bond acceptors (Lipinski definition) is 6. The summed E-state index contributed by atoms with van der Waals surface area (Å²) in [5.41, 5.74) is 2.41. The molecule has 1 aliphatic heterocycles. The van der Waals surface area contributed by atoms with Gasteiger partial charge in [0, 0.05) is 39.1 Å². The molecule has 0 amide bonds. The van der Waals surface area contributed by atoms with Crippen molar-refractivity contribution >= 4 is 27.2 Å². The lowest BCUT2D eigenvalue weighted by atomic mass is 9.97. The summed E-state index contributed by atoms with van der Waals surface area (Å²) in [5.74, 6) is 1.78. The molecule has 1 saturated heterocycles. The van der Waals surface area contributed by atoms with E-state index < -0.39 is 0 Å². The van der Waals surface area contributed by atoms with Crippen LogP contribution in [0.15, 0.2) is 66.7 Å². The molecule has 186 valence electrons. The second kappa shape index (κ2) is 11.1. The van der Waals surface area contributed by atoms with Crippen LogP contribution in [0.25, 0.3) is 10.1 Å². The molecular weight excluding hydrogens is 470 g/mol. The number of benzene rings is 3. The lowest BCUT2D eigenvalue weighted by Crippen LogP contribution is -2.33. The highest BCUT2D eigenvalue weighted by Crippen LogP contribution is 2.37. The van der Waals surface area contributed by atoms with E-state index in [4.69, 9.17) is 9.47 Å². The van der Waals surface area contributed by atoms with Gasteiger partial charge in [-0.15, -0.1) is 11.3 Å². The molecule has 0 atom stereocenters. The van der Waals surface area contributed by atoms with E-state index in [1.165, 1.54) is 19.3 Å². The lowest BCUT2D eigenvalue weighted by Gasteiger charge is -2.26. The number of nitrogens with zero attached hydrogens (tertiary/aromatic N) is 1. The lowest BCUT2D eigenvalue weighted by molar-refractivity contribution is 0.104. The van der Waals surface area contributed by atoms with Gasteiger partial charge in [-0.1, -0.05) is 18.6 Å². The van der Waals surface area contributed by atoms with E-state index in [-0.39, 0.29) is 11.5 Å². The minimum atomic E-state index is 0.0000573. The van der Waals surface area contributed by atoms with Crippen molar-refractivity contribution in [1.29, 1.82) is 0 Å². The minimum Gasteiger partial charge on any atom is -0.508 e. The van der Waals surface area contributed by atoms with E-state index in [0.29, 0.717) is 18.6 Å². The largest absolute Gasteiger partial charge is 0.508 e. The zero-order valence-electron chi connectivity index (χ0n) is 20.5. The van der Waals surface area contributed by atoms with Crippen molar-refractivity contribution in [2.24, 2.45) is 0 Å². The van der Waals surface area contributed by atoms with Gasteiger partial charge in [0.2, 0.25) is 0 Å². The van der Waals surface area contributed by atoms with Gasteiger partial charge in [0.25, 0.3) is 0 Å². The fourth-order valence-electron chi connectivity index (χ4n) is 4.75. The number of ether oxygens (including phenoxy) is 2. The maximum absolute atomic E-state index is 13.8. The molecule has 36 heavy (non-hydrogen) atoms. The Hall–Kier alpha value is -3.35. The molecule has 0 saturated carbocycles. The minimum absolute atomic E-state index is 0.0000573. The van der Waals surface area contributed by atoms with E-state index in [0.717, 1.165) is 57.2 Å². The maximum Gasteiger partial charge on any atom is 0.194 e. The van der Waals surface area contributed by atoms with Crippen molar-refractivity contribution in [3.63, 3.8) is 0 Å². The van der Waals surface area contributed by atoms with Gasteiger partial charge in [0.1, 0.15) is 23.9 Å². The summed E-state index contributed by atoms with van der Waals surface area (Å²) in [4.78, 5) is 17.2. The Balaban J connectivity index is 1.37. The number of rotatable bonds is 9. The Morgan fingerprint density at radius 3 is 2.39 bits per heavy atom. The summed E-state index contributed by atoms with van der Waals surface area (Å²) in [6, 6.07) is 20.5. The number of aromatic hydroxyl groups is 1. The van der Waals surface area contributed by atoms with E-state index >= 15 is 0 Å². The number of fused-ring (bicyclic) bond motifs is 1. The van der Waals surface area contributed by atoms with Crippen LogP contribution < -0.4 is 9.47 Å². The van der Waals surface area contributed by atoms with Crippen LogP contribution in [0.5, 0.6) is 17.2 Å². The van der Waals surface area contributed by atoms with Gasteiger partial charge in [-0.25, -0.2) is 0 Å². The molecule has 0 radical (unpaired) electrons. The molecule has 1 N–H and O–H groups in total. The highest BCUT2D eigenvalue weighted by Gasteiger charge is 2.21. The van der Waals surface area contributed by atoms with Gasteiger partial charge in [-0.2, -0.15) is 0 Å². The zero-order valence-corrected chi connectivity index (χ0v) is 21.4. The van der Waals surface area contributed by atoms with Crippen molar-refractivity contribution in [3.8, 4) is 17.2 Å². The van der Waals surface area contributed by atoms with Crippen molar-refractivity contribution < 1.29 is 19.4 Å².